The fourth-order valence-electron chi connectivity index (χ4n) is 3.53. The second-order valence-electron chi connectivity index (χ2n) is 6.98. The Balaban J connectivity index is 1.51. The summed E-state index contributed by atoms with van der Waals surface area (Å²) in [4.78, 5) is 15.1. The lowest BCUT2D eigenvalue weighted by atomic mass is 9.85. The molecule has 1 amide bonds. The maximum absolute atomic E-state index is 13.1. The molecule has 1 aromatic heterocycles. The van der Waals surface area contributed by atoms with Crippen molar-refractivity contribution in [1.29, 1.82) is 0 Å². The van der Waals surface area contributed by atoms with Gasteiger partial charge in [-0.1, -0.05) is 24.6 Å². The first-order valence-corrected chi connectivity index (χ1v) is 8.57. The molecular formula is C19H23N3O. The summed E-state index contributed by atoms with van der Waals surface area (Å²) in [7, 11) is 1.93. The summed E-state index contributed by atoms with van der Waals surface area (Å²) in [6.07, 6.45) is 8.72. The molecule has 0 aliphatic heterocycles. The molecule has 2 aliphatic rings. The van der Waals surface area contributed by atoms with Gasteiger partial charge in [0.05, 0.1) is 6.20 Å². The molecule has 0 bridgehead atoms. The average Bonchev–Trinajstić information content (AvgIpc) is 3.21. The zero-order valence-electron chi connectivity index (χ0n) is 13.6. The minimum atomic E-state index is 0.125. The summed E-state index contributed by atoms with van der Waals surface area (Å²) < 4.78 is 1.82. The third-order valence-corrected chi connectivity index (χ3v) is 5.26. The molecule has 4 nitrogen and oxygen atoms in total. The third kappa shape index (κ3) is 2.90. The summed E-state index contributed by atoms with van der Waals surface area (Å²) in [6.45, 7) is 0.874. The van der Waals surface area contributed by atoms with Crippen molar-refractivity contribution >= 4 is 11.6 Å². The Kier molecular flexibility index (Phi) is 3.68. The maximum Gasteiger partial charge on any atom is 0.230 e. The van der Waals surface area contributed by atoms with Crippen LogP contribution in [0.4, 0.5) is 5.69 Å². The van der Waals surface area contributed by atoms with Gasteiger partial charge in [-0.05, 0) is 48.8 Å². The molecule has 1 aromatic carbocycles. The van der Waals surface area contributed by atoms with Gasteiger partial charge in [-0.15, -0.1) is 0 Å². The van der Waals surface area contributed by atoms with Crippen LogP contribution < -0.4 is 4.90 Å². The number of benzene rings is 1. The molecule has 4 rings (SSSR count). The highest BCUT2D eigenvalue weighted by Gasteiger charge is 2.47. The van der Waals surface area contributed by atoms with Crippen LogP contribution in [-0.4, -0.2) is 22.2 Å². The van der Waals surface area contributed by atoms with Crippen LogP contribution in [0.25, 0.3) is 0 Å². The van der Waals surface area contributed by atoms with Gasteiger partial charge in [0, 0.05) is 31.4 Å². The number of nitrogens with zero attached hydrogens (tertiary/aromatic N) is 3. The highest BCUT2D eigenvalue weighted by atomic mass is 16.2. The van der Waals surface area contributed by atoms with E-state index in [-0.39, 0.29) is 11.8 Å². The first kappa shape index (κ1) is 14.5. The molecule has 2 fully saturated rings. The highest BCUT2D eigenvalue weighted by Crippen LogP contribution is 2.49. The predicted octanol–water partition coefficient (Wildman–Crippen LogP) is 3.36. The van der Waals surface area contributed by atoms with Crippen LogP contribution in [0, 0.1) is 11.8 Å². The highest BCUT2D eigenvalue weighted by molar-refractivity contribution is 5.97. The lowest BCUT2D eigenvalue weighted by molar-refractivity contribution is -0.120. The van der Waals surface area contributed by atoms with Gasteiger partial charge in [0.2, 0.25) is 5.91 Å². The first-order chi connectivity index (χ1) is 11.2. The van der Waals surface area contributed by atoms with Gasteiger partial charge in [-0.3, -0.25) is 9.48 Å². The molecular weight excluding hydrogens is 286 g/mol. The second-order valence-corrected chi connectivity index (χ2v) is 6.98. The van der Waals surface area contributed by atoms with E-state index in [2.05, 4.69) is 17.2 Å². The standard InChI is InChI=1S/C19H23N3O/c1-21-13-15(11-20-21)17-10-18(17)19(23)22(12-14-6-5-7-14)16-8-3-2-4-9-16/h2-4,8-9,11,13-14,17-18H,5-7,10,12H2,1H3/t17-,18+/m0/s1. The molecule has 2 aliphatic carbocycles. The summed E-state index contributed by atoms with van der Waals surface area (Å²) in [6, 6.07) is 10.1. The molecule has 2 atom stereocenters. The zero-order valence-corrected chi connectivity index (χ0v) is 13.6. The van der Waals surface area contributed by atoms with Gasteiger partial charge in [0.15, 0.2) is 0 Å². The number of hydrogen-bond donors (Lipinski definition) is 0. The maximum atomic E-state index is 13.1. The molecule has 0 spiro atoms. The van der Waals surface area contributed by atoms with Crippen LogP contribution in [0.15, 0.2) is 42.7 Å². The summed E-state index contributed by atoms with van der Waals surface area (Å²) in [5, 5.41) is 4.24. The fraction of sp³-hybridized carbons (Fsp3) is 0.474. The van der Waals surface area contributed by atoms with E-state index in [0.717, 1.165) is 18.7 Å². The molecule has 120 valence electrons. The van der Waals surface area contributed by atoms with Crippen molar-refractivity contribution < 1.29 is 4.79 Å². The van der Waals surface area contributed by atoms with E-state index < -0.39 is 0 Å². The Morgan fingerprint density at radius 3 is 2.70 bits per heavy atom. The summed E-state index contributed by atoms with van der Waals surface area (Å²) in [5.74, 6) is 1.44. The SMILES string of the molecule is Cn1cc([C@@H]2C[C@H]2C(=O)N(CC2CCC2)c2ccccc2)cn1. The van der Waals surface area contributed by atoms with Crippen molar-refractivity contribution in [3.8, 4) is 0 Å². The predicted molar refractivity (Wildman–Crippen MR) is 90.2 cm³/mol. The zero-order chi connectivity index (χ0) is 15.8. The van der Waals surface area contributed by atoms with Gasteiger partial charge < -0.3 is 4.90 Å². The van der Waals surface area contributed by atoms with Crippen LogP contribution in [0.5, 0.6) is 0 Å². The molecule has 0 N–H and O–H groups in total. The Labute approximate surface area is 137 Å². The Morgan fingerprint density at radius 1 is 1.30 bits per heavy atom. The number of hydrogen-bond acceptors (Lipinski definition) is 2. The number of aryl methyl sites for hydroxylation is 1. The van der Waals surface area contributed by atoms with Gasteiger partial charge in [0.1, 0.15) is 0 Å². The molecule has 2 saturated carbocycles. The Morgan fingerprint density at radius 2 is 2.09 bits per heavy atom. The minimum Gasteiger partial charge on any atom is -0.312 e. The van der Waals surface area contributed by atoms with E-state index in [4.69, 9.17) is 0 Å². The Hall–Kier alpha value is -2.10. The molecule has 1 heterocycles. The van der Waals surface area contributed by atoms with Crippen molar-refractivity contribution in [2.24, 2.45) is 18.9 Å². The number of rotatable bonds is 5. The van der Waals surface area contributed by atoms with Crippen LogP contribution >= 0.6 is 0 Å². The first-order valence-electron chi connectivity index (χ1n) is 8.57. The van der Waals surface area contributed by atoms with Crippen molar-refractivity contribution in [2.45, 2.75) is 31.6 Å². The smallest absolute Gasteiger partial charge is 0.230 e. The largest absolute Gasteiger partial charge is 0.312 e. The van der Waals surface area contributed by atoms with Gasteiger partial charge in [-0.2, -0.15) is 5.10 Å². The monoisotopic (exact) mass is 309 g/mol. The topological polar surface area (TPSA) is 38.1 Å². The van der Waals surface area contributed by atoms with Gasteiger partial charge in [0.25, 0.3) is 0 Å². The van der Waals surface area contributed by atoms with E-state index in [0.29, 0.717) is 11.8 Å². The number of carbonyl (C=O) groups is 1. The lowest BCUT2D eigenvalue weighted by Gasteiger charge is -2.32. The van der Waals surface area contributed by atoms with E-state index in [9.17, 15) is 4.79 Å². The van der Waals surface area contributed by atoms with Crippen LogP contribution in [0.2, 0.25) is 0 Å². The van der Waals surface area contributed by atoms with E-state index in [1.807, 2.05) is 47.2 Å². The average molecular weight is 309 g/mol. The number of carbonyl (C=O) groups excluding carboxylic acids is 1. The lowest BCUT2D eigenvalue weighted by Crippen LogP contribution is -2.38. The molecule has 0 saturated heterocycles. The van der Waals surface area contributed by atoms with E-state index in [1.165, 1.54) is 24.8 Å². The van der Waals surface area contributed by atoms with Crippen LogP contribution in [-0.2, 0) is 11.8 Å². The van der Waals surface area contributed by atoms with Crippen molar-refractivity contribution in [3.05, 3.63) is 48.3 Å². The van der Waals surface area contributed by atoms with E-state index >= 15 is 0 Å². The third-order valence-electron chi connectivity index (χ3n) is 5.26. The Bertz CT molecular complexity index is 690. The second kappa shape index (κ2) is 5.84. The fourth-order valence-corrected chi connectivity index (χ4v) is 3.53. The van der Waals surface area contributed by atoms with Crippen LogP contribution in [0.1, 0.15) is 37.2 Å². The van der Waals surface area contributed by atoms with Crippen molar-refractivity contribution in [2.75, 3.05) is 11.4 Å². The van der Waals surface area contributed by atoms with Crippen molar-refractivity contribution in [1.82, 2.24) is 9.78 Å². The molecule has 0 radical (unpaired) electrons. The normalized spacial score (nSPS) is 23.3. The minimum absolute atomic E-state index is 0.125. The number of aromatic nitrogens is 2. The number of anilines is 1. The van der Waals surface area contributed by atoms with Crippen molar-refractivity contribution in [3.63, 3.8) is 0 Å². The van der Waals surface area contributed by atoms with E-state index in [1.54, 1.807) is 0 Å². The number of amides is 1. The number of para-hydroxylation sites is 1. The quantitative estimate of drug-likeness (QED) is 0.849. The molecule has 23 heavy (non-hydrogen) atoms. The van der Waals surface area contributed by atoms with Crippen LogP contribution in [0.3, 0.4) is 0 Å². The van der Waals surface area contributed by atoms with Gasteiger partial charge >= 0.3 is 0 Å². The molecule has 4 heteroatoms. The summed E-state index contributed by atoms with van der Waals surface area (Å²) in [5.41, 5.74) is 2.24. The molecule has 0 unspecified atom stereocenters. The van der Waals surface area contributed by atoms with Gasteiger partial charge in [-0.25, -0.2) is 0 Å². The summed E-state index contributed by atoms with van der Waals surface area (Å²) >= 11 is 0. The molecule has 2 aromatic rings.